The molecule has 14 heavy (non-hydrogen) atoms. The summed E-state index contributed by atoms with van der Waals surface area (Å²) < 4.78 is 13.0. The predicted molar refractivity (Wildman–Crippen MR) is 51.7 cm³/mol. The Morgan fingerprint density at radius 3 is 2.64 bits per heavy atom. The van der Waals surface area contributed by atoms with E-state index in [1.165, 1.54) is 13.0 Å². The fourth-order valence-corrected chi connectivity index (χ4v) is 1.29. The molecule has 78 valence electrons. The second kappa shape index (κ2) is 3.73. The molecule has 5 heteroatoms. The van der Waals surface area contributed by atoms with Gasteiger partial charge in [-0.15, -0.1) is 0 Å². The van der Waals surface area contributed by atoms with E-state index in [9.17, 15) is 9.50 Å². The largest absolute Gasteiger partial charge is 0.505 e. The first-order valence-corrected chi connectivity index (χ1v) is 4.34. The van der Waals surface area contributed by atoms with Gasteiger partial charge in [0.25, 0.3) is 0 Å². The van der Waals surface area contributed by atoms with Gasteiger partial charge in [0.15, 0.2) is 11.6 Å². The van der Waals surface area contributed by atoms with Gasteiger partial charge >= 0.3 is 0 Å². The Labute approximate surface area is 85.9 Å². The van der Waals surface area contributed by atoms with E-state index in [2.05, 4.69) is 0 Å². The van der Waals surface area contributed by atoms with Crippen LogP contribution in [0.2, 0.25) is 5.02 Å². The number of rotatable bonds is 2. The summed E-state index contributed by atoms with van der Waals surface area (Å²) in [5.41, 5.74) is 4.52. The average molecular weight is 220 g/mol. The number of phenolic OH excluding ortho intramolecular Hbond substituents is 1. The van der Waals surface area contributed by atoms with Gasteiger partial charge in [0, 0.05) is 10.6 Å². The molecule has 0 amide bonds. The van der Waals surface area contributed by atoms with E-state index in [0.29, 0.717) is 0 Å². The molecule has 0 aliphatic carbocycles. The van der Waals surface area contributed by atoms with Gasteiger partial charge in [0.05, 0.1) is 12.1 Å². The van der Waals surface area contributed by atoms with Crippen LogP contribution < -0.4 is 5.73 Å². The summed E-state index contributed by atoms with van der Waals surface area (Å²) in [6, 6.07) is 2.31. The molecule has 1 atom stereocenters. The molecule has 1 aromatic rings. The molecule has 0 saturated carbocycles. The highest BCUT2D eigenvalue weighted by atomic mass is 35.5. The SMILES string of the molecule is C[C@@](N)(CO)c1cc(Cl)cc(F)c1O. The van der Waals surface area contributed by atoms with E-state index in [0.717, 1.165) is 6.07 Å². The summed E-state index contributed by atoms with van der Waals surface area (Å²) in [6.07, 6.45) is 0. The molecule has 1 aromatic carbocycles. The number of benzene rings is 1. The van der Waals surface area contributed by atoms with Gasteiger partial charge in [-0.3, -0.25) is 0 Å². The first-order chi connectivity index (χ1) is 6.38. The van der Waals surface area contributed by atoms with Crippen molar-refractivity contribution in [2.24, 2.45) is 5.73 Å². The summed E-state index contributed by atoms with van der Waals surface area (Å²) in [5.74, 6) is -1.42. The molecule has 0 aliphatic heterocycles. The first-order valence-electron chi connectivity index (χ1n) is 3.96. The van der Waals surface area contributed by atoms with Crippen molar-refractivity contribution in [2.75, 3.05) is 6.61 Å². The zero-order chi connectivity index (χ0) is 10.9. The number of aliphatic hydroxyl groups is 1. The van der Waals surface area contributed by atoms with Crippen LogP contribution in [0.1, 0.15) is 12.5 Å². The van der Waals surface area contributed by atoms with E-state index < -0.39 is 23.7 Å². The van der Waals surface area contributed by atoms with Crippen LogP contribution in [0.5, 0.6) is 5.75 Å². The van der Waals surface area contributed by atoms with E-state index in [4.69, 9.17) is 22.4 Å². The predicted octanol–water partition coefficient (Wildman–Crippen LogP) is 1.35. The van der Waals surface area contributed by atoms with E-state index in [1.807, 2.05) is 0 Å². The molecule has 1 rings (SSSR count). The number of aliphatic hydroxyl groups excluding tert-OH is 1. The molecule has 0 bridgehead atoms. The van der Waals surface area contributed by atoms with Crippen LogP contribution in [-0.4, -0.2) is 16.8 Å². The van der Waals surface area contributed by atoms with Gasteiger partial charge in [-0.05, 0) is 19.1 Å². The molecule has 0 fully saturated rings. The smallest absolute Gasteiger partial charge is 0.166 e. The monoisotopic (exact) mass is 219 g/mol. The Hall–Kier alpha value is -0.840. The Balaban J connectivity index is 3.34. The normalized spacial score (nSPS) is 15.2. The highest BCUT2D eigenvalue weighted by Crippen LogP contribution is 2.32. The lowest BCUT2D eigenvalue weighted by Crippen LogP contribution is -2.37. The van der Waals surface area contributed by atoms with Crippen molar-refractivity contribution >= 4 is 11.6 Å². The lowest BCUT2D eigenvalue weighted by Gasteiger charge is -2.23. The third-order valence-electron chi connectivity index (χ3n) is 1.97. The quantitative estimate of drug-likeness (QED) is 0.704. The fraction of sp³-hybridized carbons (Fsp3) is 0.333. The third-order valence-corrected chi connectivity index (χ3v) is 2.19. The summed E-state index contributed by atoms with van der Waals surface area (Å²) >= 11 is 5.60. The summed E-state index contributed by atoms with van der Waals surface area (Å²) in [7, 11) is 0. The molecule has 4 N–H and O–H groups in total. The Morgan fingerprint density at radius 1 is 1.57 bits per heavy atom. The maximum Gasteiger partial charge on any atom is 0.166 e. The minimum Gasteiger partial charge on any atom is -0.505 e. The molecule has 0 saturated heterocycles. The van der Waals surface area contributed by atoms with E-state index in [-0.39, 0.29) is 10.6 Å². The lowest BCUT2D eigenvalue weighted by atomic mass is 9.93. The number of nitrogens with two attached hydrogens (primary N) is 1. The van der Waals surface area contributed by atoms with Gasteiger partial charge in [-0.25, -0.2) is 4.39 Å². The van der Waals surface area contributed by atoms with Crippen LogP contribution >= 0.6 is 11.6 Å². The highest BCUT2D eigenvalue weighted by molar-refractivity contribution is 6.30. The van der Waals surface area contributed by atoms with Gasteiger partial charge in [0.1, 0.15) is 0 Å². The van der Waals surface area contributed by atoms with Crippen molar-refractivity contribution in [3.8, 4) is 5.75 Å². The minimum atomic E-state index is -1.21. The molecular formula is C9H11ClFNO2. The number of aromatic hydroxyl groups is 1. The molecule has 0 spiro atoms. The van der Waals surface area contributed by atoms with Crippen molar-refractivity contribution < 1.29 is 14.6 Å². The Bertz CT molecular complexity index is 355. The van der Waals surface area contributed by atoms with Gasteiger partial charge < -0.3 is 15.9 Å². The maximum absolute atomic E-state index is 13.0. The lowest BCUT2D eigenvalue weighted by molar-refractivity contribution is 0.206. The van der Waals surface area contributed by atoms with Crippen LogP contribution in [0.3, 0.4) is 0 Å². The molecule has 0 heterocycles. The van der Waals surface area contributed by atoms with Crippen LogP contribution in [0.4, 0.5) is 4.39 Å². The maximum atomic E-state index is 13.0. The first kappa shape index (κ1) is 11.2. The zero-order valence-corrected chi connectivity index (χ0v) is 8.35. The molecule has 0 aliphatic rings. The Morgan fingerprint density at radius 2 is 2.14 bits per heavy atom. The number of hydrogen-bond donors (Lipinski definition) is 3. The second-order valence-electron chi connectivity index (χ2n) is 3.36. The minimum absolute atomic E-state index is 0.0880. The van der Waals surface area contributed by atoms with Gasteiger partial charge in [0.2, 0.25) is 0 Å². The van der Waals surface area contributed by atoms with Crippen LogP contribution in [-0.2, 0) is 5.54 Å². The van der Waals surface area contributed by atoms with E-state index in [1.54, 1.807) is 0 Å². The second-order valence-corrected chi connectivity index (χ2v) is 3.80. The van der Waals surface area contributed by atoms with Gasteiger partial charge in [-0.1, -0.05) is 11.6 Å². The summed E-state index contributed by atoms with van der Waals surface area (Å²) in [4.78, 5) is 0. The van der Waals surface area contributed by atoms with Gasteiger partial charge in [-0.2, -0.15) is 0 Å². The average Bonchev–Trinajstić information content (AvgIpc) is 2.11. The highest BCUT2D eigenvalue weighted by Gasteiger charge is 2.25. The standard InChI is InChI=1S/C9H11ClFNO2/c1-9(12,4-13)6-2-5(10)3-7(11)8(6)14/h2-3,13-14H,4,12H2,1H3/t9-/m1/s1. The van der Waals surface area contributed by atoms with Crippen LogP contribution in [0.25, 0.3) is 0 Å². The van der Waals surface area contributed by atoms with Crippen molar-refractivity contribution in [1.82, 2.24) is 0 Å². The van der Waals surface area contributed by atoms with Crippen molar-refractivity contribution in [3.05, 3.63) is 28.5 Å². The molecular weight excluding hydrogens is 209 g/mol. The van der Waals surface area contributed by atoms with Crippen molar-refractivity contribution in [2.45, 2.75) is 12.5 Å². The Kier molecular flexibility index (Phi) is 2.99. The molecule has 0 aromatic heterocycles. The topological polar surface area (TPSA) is 66.5 Å². The van der Waals surface area contributed by atoms with Crippen LogP contribution in [0.15, 0.2) is 12.1 Å². The fourth-order valence-electron chi connectivity index (χ4n) is 1.09. The number of hydrogen-bond acceptors (Lipinski definition) is 3. The number of phenols is 1. The third kappa shape index (κ3) is 1.97. The molecule has 3 nitrogen and oxygen atoms in total. The summed E-state index contributed by atoms with van der Waals surface area (Å²) in [6.45, 7) is 1.05. The van der Waals surface area contributed by atoms with Crippen LogP contribution in [0, 0.1) is 5.82 Å². The zero-order valence-electron chi connectivity index (χ0n) is 7.59. The molecule has 0 radical (unpaired) electrons. The number of halogens is 2. The van der Waals surface area contributed by atoms with Crippen molar-refractivity contribution in [3.63, 3.8) is 0 Å². The summed E-state index contributed by atoms with van der Waals surface area (Å²) in [5, 5.41) is 18.4. The molecule has 0 unspecified atom stereocenters. The van der Waals surface area contributed by atoms with E-state index >= 15 is 0 Å². The van der Waals surface area contributed by atoms with Crippen molar-refractivity contribution in [1.29, 1.82) is 0 Å².